The van der Waals surface area contributed by atoms with Crippen LogP contribution in [-0.4, -0.2) is 24.1 Å². The van der Waals surface area contributed by atoms with Crippen LogP contribution in [0.2, 0.25) is 0 Å². The third-order valence-electron chi connectivity index (χ3n) is 4.46. The first-order valence-corrected chi connectivity index (χ1v) is 8.70. The summed E-state index contributed by atoms with van der Waals surface area (Å²) >= 11 is 0. The smallest absolute Gasteiger partial charge is 0.293 e. The van der Waals surface area contributed by atoms with Crippen LogP contribution < -0.4 is 26.7 Å². The second-order valence-electron chi connectivity index (χ2n) is 6.58. The zero-order chi connectivity index (χ0) is 18.7. The minimum atomic E-state index is -0.288. The van der Waals surface area contributed by atoms with E-state index in [4.69, 9.17) is 10.5 Å². The molecule has 0 saturated heterocycles. The summed E-state index contributed by atoms with van der Waals surface area (Å²) in [7, 11) is 1.53. The van der Waals surface area contributed by atoms with Gasteiger partial charge in [0.1, 0.15) is 0 Å². The molecule has 1 amide bonds. The van der Waals surface area contributed by atoms with Gasteiger partial charge in [0.2, 0.25) is 0 Å². The summed E-state index contributed by atoms with van der Waals surface area (Å²) in [5.41, 5.74) is 6.99. The van der Waals surface area contributed by atoms with Crippen molar-refractivity contribution in [1.29, 1.82) is 0 Å². The maximum absolute atomic E-state index is 12.8. The Morgan fingerprint density at radius 2 is 2.15 bits per heavy atom. The summed E-state index contributed by atoms with van der Waals surface area (Å²) in [4.78, 5) is 24.3. The van der Waals surface area contributed by atoms with Gasteiger partial charge in [0, 0.05) is 24.7 Å². The Morgan fingerprint density at radius 3 is 2.81 bits per heavy atom. The van der Waals surface area contributed by atoms with Crippen molar-refractivity contribution in [1.82, 2.24) is 9.88 Å². The molecular formula is C19H24N4O3. The molecule has 7 heteroatoms. The van der Waals surface area contributed by atoms with Gasteiger partial charge in [-0.3, -0.25) is 9.59 Å². The summed E-state index contributed by atoms with van der Waals surface area (Å²) < 4.78 is 7.20. The van der Waals surface area contributed by atoms with E-state index < -0.39 is 0 Å². The Kier molecular flexibility index (Phi) is 5.16. The van der Waals surface area contributed by atoms with E-state index in [1.54, 1.807) is 10.6 Å². The third kappa shape index (κ3) is 4.17. The van der Waals surface area contributed by atoms with Gasteiger partial charge in [-0.25, -0.2) is 0 Å². The largest absolute Gasteiger partial charge is 0.478 e. The molecule has 1 aliphatic carbocycles. The van der Waals surface area contributed by atoms with E-state index >= 15 is 0 Å². The van der Waals surface area contributed by atoms with E-state index in [1.165, 1.54) is 19.9 Å². The highest BCUT2D eigenvalue weighted by molar-refractivity contribution is 5.84. The Morgan fingerprint density at radius 1 is 1.38 bits per heavy atom. The van der Waals surface area contributed by atoms with Crippen molar-refractivity contribution in [2.75, 3.05) is 19.0 Å². The highest BCUT2D eigenvalue weighted by Crippen LogP contribution is 2.33. The number of hydrogen-bond acceptors (Lipinski definition) is 5. The monoisotopic (exact) mass is 356 g/mol. The van der Waals surface area contributed by atoms with Crippen LogP contribution in [0.4, 0.5) is 5.69 Å². The fourth-order valence-electron chi connectivity index (χ4n) is 2.88. The molecule has 3 rings (SSSR count). The second kappa shape index (κ2) is 7.51. The van der Waals surface area contributed by atoms with Crippen LogP contribution in [0.5, 0.6) is 5.75 Å². The first kappa shape index (κ1) is 17.8. The van der Waals surface area contributed by atoms with Crippen LogP contribution in [0, 0.1) is 5.92 Å². The molecule has 0 spiro atoms. The van der Waals surface area contributed by atoms with Crippen LogP contribution in [-0.2, 0) is 11.3 Å². The van der Waals surface area contributed by atoms with E-state index in [2.05, 4.69) is 17.2 Å². The Balaban J connectivity index is 2.00. The maximum Gasteiger partial charge on any atom is 0.293 e. The van der Waals surface area contributed by atoms with Crippen molar-refractivity contribution in [3.63, 3.8) is 0 Å². The zero-order valence-corrected chi connectivity index (χ0v) is 14.9. The topological polar surface area (TPSA) is 98.4 Å². The molecule has 2 aromatic rings. The van der Waals surface area contributed by atoms with E-state index in [9.17, 15) is 9.59 Å². The third-order valence-corrected chi connectivity index (χ3v) is 4.46. The van der Waals surface area contributed by atoms with Crippen LogP contribution in [0.25, 0.3) is 10.9 Å². The minimum Gasteiger partial charge on any atom is -0.478 e. The van der Waals surface area contributed by atoms with Gasteiger partial charge in [0.25, 0.3) is 11.5 Å². The lowest BCUT2D eigenvalue weighted by Crippen LogP contribution is -2.28. The number of ether oxygens (including phenoxy) is 1. The van der Waals surface area contributed by atoms with Gasteiger partial charge in [-0.15, -0.1) is 0 Å². The lowest BCUT2D eigenvalue weighted by Gasteiger charge is -2.15. The van der Waals surface area contributed by atoms with Gasteiger partial charge >= 0.3 is 0 Å². The fourth-order valence-corrected chi connectivity index (χ4v) is 2.88. The number of fused-ring (bicyclic) bond motifs is 1. The molecule has 1 heterocycles. The molecular weight excluding hydrogens is 332 g/mol. The van der Waals surface area contributed by atoms with Crippen molar-refractivity contribution in [3.05, 3.63) is 47.0 Å². The summed E-state index contributed by atoms with van der Waals surface area (Å²) in [5, 5.41) is 6.27. The number of pyridine rings is 1. The predicted molar refractivity (Wildman–Crippen MR) is 102 cm³/mol. The van der Waals surface area contributed by atoms with E-state index in [-0.39, 0.29) is 23.8 Å². The van der Waals surface area contributed by atoms with Gasteiger partial charge in [-0.1, -0.05) is 19.4 Å². The van der Waals surface area contributed by atoms with Gasteiger partial charge < -0.3 is 25.7 Å². The van der Waals surface area contributed by atoms with Crippen LogP contribution >= 0.6 is 0 Å². The molecule has 4 N–H and O–H groups in total. The highest BCUT2D eigenvalue weighted by atomic mass is 16.5. The molecule has 1 saturated carbocycles. The summed E-state index contributed by atoms with van der Waals surface area (Å²) in [5.74, 6) is 0.917. The molecule has 0 bridgehead atoms. The first-order chi connectivity index (χ1) is 12.5. The molecule has 7 nitrogen and oxygen atoms in total. The minimum absolute atomic E-state index is 0.167. The lowest BCUT2D eigenvalue weighted by molar-refractivity contribution is -0.122. The number of aromatic nitrogens is 1. The number of aryl methyl sites for hydroxylation is 1. The number of nitrogens with two attached hydrogens (primary N) is 1. The van der Waals surface area contributed by atoms with E-state index in [0.717, 1.165) is 23.0 Å². The van der Waals surface area contributed by atoms with Crippen LogP contribution in [0.1, 0.15) is 19.3 Å². The van der Waals surface area contributed by atoms with Crippen LogP contribution in [0.3, 0.4) is 0 Å². The number of nitrogens with zero attached hydrogens (tertiary/aromatic N) is 1. The van der Waals surface area contributed by atoms with Gasteiger partial charge in [0.15, 0.2) is 12.4 Å². The van der Waals surface area contributed by atoms with Crippen molar-refractivity contribution in [2.24, 2.45) is 11.7 Å². The summed E-state index contributed by atoms with van der Waals surface area (Å²) in [6, 6.07) is 7.29. The molecule has 138 valence electrons. The molecule has 0 unspecified atom stereocenters. The molecule has 1 fully saturated rings. The summed E-state index contributed by atoms with van der Waals surface area (Å²) in [6.07, 6.45) is 3.42. The van der Waals surface area contributed by atoms with Crippen molar-refractivity contribution in [3.8, 4) is 5.75 Å². The predicted octanol–water partition coefficient (Wildman–Crippen LogP) is 1.77. The lowest BCUT2D eigenvalue weighted by atomic mass is 10.1. The van der Waals surface area contributed by atoms with E-state index in [1.807, 2.05) is 18.2 Å². The number of rotatable bonds is 8. The number of nitrogens with one attached hydrogen (secondary N) is 2. The Labute approximate surface area is 151 Å². The number of likely N-dealkylation sites (N-methyl/N-ethyl adjacent to an activating group) is 1. The number of amides is 1. The number of benzene rings is 1. The molecule has 0 aliphatic heterocycles. The number of carbonyl (C=O) groups is 1. The second-order valence-corrected chi connectivity index (χ2v) is 6.58. The van der Waals surface area contributed by atoms with Crippen molar-refractivity contribution >= 4 is 22.5 Å². The fraction of sp³-hybridized carbons (Fsp3) is 0.368. The molecule has 0 atom stereocenters. The first-order valence-electron chi connectivity index (χ1n) is 8.70. The van der Waals surface area contributed by atoms with Gasteiger partial charge in [0.05, 0.1) is 11.3 Å². The Bertz CT molecular complexity index is 900. The number of carbonyl (C=O) groups excluding carboxylic acids is 1. The summed E-state index contributed by atoms with van der Waals surface area (Å²) in [6.45, 7) is 4.07. The molecule has 1 aliphatic rings. The average molecular weight is 356 g/mol. The van der Waals surface area contributed by atoms with Gasteiger partial charge in [-0.2, -0.15) is 0 Å². The Hall–Kier alpha value is -2.96. The normalized spacial score (nSPS) is 13.4. The molecule has 0 radical (unpaired) electrons. The molecule has 1 aromatic carbocycles. The average Bonchev–Trinajstić information content (AvgIpc) is 3.43. The van der Waals surface area contributed by atoms with Crippen molar-refractivity contribution in [2.45, 2.75) is 25.8 Å². The number of anilines is 1. The highest BCUT2D eigenvalue weighted by Gasteiger charge is 2.22. The number of hydrogen-bond donors (Lipinski definition) is 3. The quantitative estimate of drug-likeness (QED) is 0.670. The van der Waals surface area contributed by atoms with Crippen LogP contribution in [0.15, 0.2) is 41.5 Å². The zero-order valence-electron chi connectivity index (χ0n) is 14.9. The van der Waals surface area contributed by atoms with Gasteiger partial charge in [-0.05, 0) is 36.6 Å². The molecule has 26 heavy (non-hydrogen) atoms. The molecule has 1 aromatic heterocycles. The van der Waals surface area contributed by atoms with Crippen molar-refractivity contribution < 1.29 is 9.53 Å². The SMILES string of the molecule is C=C(N)Nc1ccc2c(c1)cc(OCC(=O)NC)c(=O)n2CCC1CC1. The van der Waals surface area contributed by atoms with E-state index in [0.29, 0.717) is 18.3 Å². The standard InChI is InChI=1S/C19H24N4O3/c1-12(20)22-15-5-6-16-14(9-15)10-17(26-11-18(24)21-2)19(25)23(16)8-7-13-3-4-13/h5-6,9-10,13,22H,1,3-4,7-8,11,20H2,2H3,(H,21,24). The maximum atomic E-state index is 12.8.